The van der Waals surface area contributed by atoms with E-state index in [9.17, 15) is 14.3 Å². The third-order valence-electron chi connectivity index (χ3n) is 7.08. The molecule has 1 aromatic heterocycles. The maximum atomic E-state index is 13.5. The highest BCUT2D eigenvalue weighted by atomic mass is 19.1. The number of benzene rings is 2. The maximum Gasteiger partial charge on any atom is 0.226 e. The molecule has 0 bridgehead atoms. The van der Waals surface area contributed by atoms with Crippen LogP contribution in [0.3, 0.4) is 0 Å². The van der Waals surface area contributed by atoms with Gasteiger partial charge in [0.2, 0.25) is 5.91 Å². The SMILES string of the molecule is O=C(C1CCCCC1)N1C[C@@H](O)[C@H](n2cc(-c3ccc(F)cc3)nn2)C[C@@H]1c1ccccc1. The summed E-state index contributed by atoms with van der Waals surface area (Å²) in [4.78, 5) is 15.4. The first-order valence-electron chi connectivity index (χ1n) is 11.8. The number of rotatable bonds is 4. The van der Waals surface area contributed by atoms with Crippen LogP contribution in [0, 0.1) is 11.7 Å². The molecule has 2 heterocycles. The average molecular weight is 449 g/mol. The van der Waals surface area contributed by atoms with Crippen LogP contribution in [0.4, 0.5) is 4.39 Å². The van der Waals surface area contributed by atoms with Gasteiger partial charge in [0, 0.05) is 18.0 Å². The van der Waals surface area contributed by atoms with Gasteiger partial charge in [-0.3, -0.25) is 4.79 Å². The molecule has 1 amide bonds. The standard InChI is InChI=1S/C26H29FN4O2/c27-21-13-11-18(12-14-21)22-16-31(29-28-22)24-15-23(19-7-3-1-4-8-19)30(17-25(24)32)26(33)20-9-5-2-6-10-20/h1,3-4,7-8,11-14,16,20,23-25,32H,2,5-6,9-10,15,17H2/t23-,24-,25-/m1/s1. The van der Waals surface area contributed by atoms with Gasteiger partial charge in [-0.1, -0.05) is 54.8 Å². The number of aliphatic hydroxyl groups excluding tert-OH is 1. The molecule has 6 nitrogen and oxygen atoms in total. The first-order valence-corrected chi connectivity index (χ1v) is 11.8. The highest BCUT2D eigenvalue weighted by Crippen LogP contribution is 2.39. The lowest BCUT2D eigenvalue weighted by atomic mass is 9.85. The topological polar surface area (TPSA) is 71.2 Å². The van der Waals surface area contributed by atoms with E-state index in [1.807, 2.05) is 35.2 Å². The van der Waals surface area contributed by atoms with E-state index in [2.05, 4.69) is 10.3 Å². The molecular weight excluding hydrogens is 419 g/mol. The van der Waals surface area contributed by atoms with Crippen molar-refractivity contribution in [3.63, 3.8) is 0 Å². The van der Waals surface area contributed by atoms with Crippen LogP contribution in [-0.2, 0) is 4.79 Å². The molecule has 1 aliphatic heterocycles. The molecule has 1 aliphatic carbocycles. The summed E-state index contributed by atoms with van der Waals surface area (Å²) in [5, 5.41) is 19.6. The summed E-state index contributed by atoms with van der Waals surface area (Å²) < 4.78 is 15.0. The molecule has 1 saturated carbocycles. The average Bonchev–Trinajstić information content (AvgIpc) is 3.35. The molecule has 2 aromatic carbocycles. The Hall–Kier alpha value is -3.06. The zero-order valence-electron chi connectivity index (χ0n) is 18.6. The zero-order chi connectivity index (χ0) is 22.8. The number of aliphatic hydroxyl groups is 1. The van der Waals surface area contributed by atoms with Crippen LogP contribution in [0.25, 0.3) is 11.3 Å². The summed E-state index contributed by atoms with van der Waals surface area (Å²) in [5.41, 5.74) is 2.46. The van der Waals surface area contributed by atoms with Crippen molar-refractivity contribution in [2.24, 2.45) is 5.92 Å². The fourth-order valence-electron chi connectivity index (χ4n) is 5.26. The third-order valence-corrected chi connectivity index (χ3v) is 7.08. The highest BCUT2D eigenvalue weighted by molar-refractivity contribution is 5.79. The quantitative estimate of drug-likeness (QED) is 0.636. The number of carbonyl (C=O) groups is 1. The first-order chi connectivity index (χ1) is 16.1. The zero-order valence-corrected chi connectivity index (χ0v) is 18.6. The Morgan fingerprint density at radius 2 is 1.73 bits per heavy atom. The van der Waals surface area contributed by atoms with Crippen LogP contribution in [-0.4, -0.2) is 43.6 Å². The van der Waals surface area contributed by atoms with Crippen molar-refractivity contribution in [1.82, 2.24) is 19.9 Å². The van der Waals surface area contributed by atoms with Crippen LogP contribution in [0.2, 0.25) is 0 Å². The molecule has 0 unspecified atom stereocenters. The highest BCUT2D eigenvalue weighted by Gasteiger charge is 2.41. The molecule has 33 heavy (non-hydrogen) atoms. The van der Waals surface area contributed by atoms with Gasteiger partial charge < -0.3 is 10.0 Å². The minimum absolute atomic E-state index is 0.0464. The summed E-state index contributed by atoms with van der Waals surface area (Å²) >= 11 is 0. The van der Waals surface area contributed by atoms with E-state index in [0.29, 0.717) is 12.1 Å². The van der Waals surface area contributed by atoms with Gasteiger partial charge in [0.05, 0.1) is 24.4 Å². The van der Waals surface area contributed by atoms with Crippen LogP contribution in [0.15, 0.2) is 60.8 Å². The third kappa shape index (κ3) is 4.55. The number of hydrogen-bond donors (Lipinski definition) is 1. The van der Waals surface area contributed by atoms with Crippen molar-refractivity contribution in [1.29, 1.82) is 0 Å². The van der Waals surface area contributed by atoms with Crippen LogP contribution < -0.4 is 0 Å². The second-order valence-electron chi connectivity index (χ2n) is 9.21. The number of likely N-dealkylation sites (tertiary alicyclic amines) is 1. The largest absolute Gasteiger partial charge is 0.389 e. The lowest BCUT2D eigenvalue weighted by molar-refractivity contribution is -0.145. The van der Waals surface area contributed by atoms with Crippen LogP contribution in [0.1, 0.15) is 56.2 Å². The number of aromatic nitrogens is 3. The van der Waals surface area contributed by atoms with Gasteiger partial charge in [-0.15, -0.1) is 5.10 Å². The molecule has 1 N–H and O–H groups in total. The molecule has 0 radical (unpaired) electrons. The lowest BCUT2D eigenvalue weighted by Gasteiger charge is -2.44. The number of halogens is 1. The Labute approximate surface area is 193 Å². The summed E-state index contributed by atoms with van der Waals surface area (Å²) in [7, 11) is 0. The Bertz CT molecular complexity index is 1080. The number of nitrogens with zero attached hydrogens (tertiary/aromatic N) is 4. The van der Waals surface area contributed by atoms with E-state index in [0.717, 1.165) is 36.8 Å². The van der Waals surface area contributed by atoms with E-state index in [1.165, 1.54) is 18.6 Å². The number of amides is 1. The van der Waals surface area contributed by atoms with Gasteiger partial charge >= 0.3 is 0 Å². The summed E-state index contributed by atoms with van der Waals surface area (Å²) in [6.07, 6.45) is 6.84. The molecule has 3 atom stereocenters. The monoisotopic (exact) mass is 448 g/mol. The van der Waals surface area contributed by atoms with E-state index in [-0.39, 0.29) is 36.3 Å². The molecule has 2 fully saturated rings. The van der Waals surface area contributed by atoms with E-state index in [1.54, 1.807) is 23.0 Å². The first kappa shape index (κ1) is 21.8. The van der Waals surface area contributed by atoms with Crippen LogP contribution in [0.5, 0.6) is 0 Å². The molecule has 7 heteroatoms. The summed E-state index contributed by atoms with van der Waals surface area (Å²) in [6.45, 7) is 0.269. The van der Waals surface area contributed by atoms with Gasteiger partial charge in [-0.25, -0.2) is 9.07 Å². The fourth-order valence-corrected chi connectivity index (χ4v) is 5.26. The van der Waals surface area contributed by atoms with Gasteiger partial charge in [0.15, 0.2) is 0 Å². The van der Waals surface area contributed by atoms with E-state index in [4.69, 9.17) is 0 Å². The smallest absolute Gasteiger partial charge is 0.226 e. The Balaban J connectivity index is 1.42. The van der Waals surface area contributed by atoms with Crippen molar-refractivity contribution >= 4 is 5.91 Å². The molecule has 5 rings (SSSR count). The minimum atomic E-state index is -0.750. The lowest BCUT2D eigenvalue weighted by Crippen LogP contribution is -2.51. The van der Waals surface area contributed by atoms with Gasteiger partial charge in [0.25, 0.3) is 0 Å². The second-order valence-corrected chi connectivity index (χ2v) is 9.21. The van der Waals surface area contributed by atoms with Crippen molar-refractivity contribution in [2.45, 2.75) is 56.7 Å². The van der Waals surface area contributed by atoms with Gasteiger partial charge in [-0.05, 0) is 49.1 Å². The van der Waals surface area contributed by atoms with E-state index >= 15 is 0 Å². The normalized spacial score (nSPS) is 24.1. The molecular formula is C26H29FN4O2. The fraction of sp³-hybridized carbons (Fsp3) is 0.423. The Morgan fingerprint density at radius 3 is 2.45 bits per heavy atom. The molecule has 172 valence electrons. The Morgan fingerprint density at radius 1 is 1.00 bits per heavy atom. The predicted molar refractivity (Wildman–Crippen MR) is 123 cm³/mol. The van der Waals surface area contributed by atoms with Crippen molar-refractivity contribution in [3.05, 3.63) is 72.2 Å². The molecule has 0 spiro atoms. The number of piperidine rings is 1. The maximum absolute atomic E-state index is 13.5. The van der Waals surface area contributed by atoms with Gasteiger partial charge in [-0.2, -0.15) is 0 Å². The van der Waals surface area contributed by atoms with E-state index < -0.39 is 6.10 Å². The van der Waals surface area contributed by atoms with Crippen molar-refractivity contribution in [3.8, 4) is 11.3 Å². The molecule has 3 aromatic rings. The second kappa shape index (κ2) is 9.43. The number of hydrogen-bond acceptors (Lipinski definition) is 4. The predicted octanol–water partition coefficient (Wildman–Crippen LogP) is 4.54. The van der Waals surface area contributed by atoms with Crippen molar-refractivity contribution < 1.29 is 14.3 Å². The number of β-amino-alcohol motifs (C(OH)–C–C–N with tert-alkyl or cyclic N) is 1. The summed E-state index contributed by atoms with van der Waals surface area (Å²) in [5.74, 6) is -0.0981. The molecule has 1 saturated heterocycles. The Kier molecular flexibility index (Phi) is 6.22. The molecule has 2 aliphatic rings. The summed E-state index contributed by atoms with van der Waals surface area (Å²) in [6, 6.07) is 15.7. The van der Waals surface area contributed by atoms with Crippen molar-refractivity contribution in [2.75, 3.05) is 6.54 Å². The van der Waals surface area contributed by atoms with Crippen LogP contribution >= 0.6 is 0 Å². The van der Waals surface area contributed by atoms with Gasteiger partial charge in [0.1, 0.15) is 11.5 Å². The number of carbonyl (C=O) groups excluding carboxylic acids is 1. The minimum Gasteiger partial charge on any atom is -0.389 e.